The minimum absolute atomic E-state index is 0.161. The fourth-order valence-electron chi connectivity index (χ4n) is 3.10. The standard InChI is InChI=1S/C17H22N4O2S/c1-24(22,23)12-14-6-5-9-21(11-14)17-10-16(18-13-19-17)20-15-7-3-2-4-8-15/h2-4,7-8,10,13-14H,5-6,9,11-12H2,1H3,(H,18,19,20). The minimum Gasteiger partial charge on any atom is -0.356 e. The number of anilines is 3. The Morgan fingerprint density at radius 1 is 1.25 bits per heavy atom. The lowest BCUT2D eigenvalue weighted by molar-refractivity contribution is 0.442. The van der Waals surface area contributed by atoms with E-state index in [0.29, 0.717) is 0 Å². The van der Waals surface area contributed by atoms with Crippen molar-refractivity contribution in [3.63, 3.8) is 0 Å². The molecule has 1 N–H and O–H groups in total. The maximum absolute atomic E-state index is 11.5. The highest BCUT2D eigenvalue weighted by Crippen LogP contribution is 2.24. The molecule has 2 aromatic rings. The van der Waals surface area contributed by atoms with Gasteiger partial charge in [0.05, 0.1) is 5.75 Å². The predicted molar refractivity (Wildman–Crippen MR) is 96.4 cm³/mol. The molecule has 24 heavy (non-hydrogen) atoms. The molecule has 1 aromatic heterocycles. The van der Waals surface area contributed by atoms with Gasteiger partial charge in [0, 0.05) is 31.1 Å². The van der Waals surface area contributed by atoms with Crippen LogP contribution in [-0.4, -0.2) is 43.5 Å². The molecule has 1 aliphatic rings. The molecule has 0 bridgehead atoms. The van der Waals surface area contributed by atoms with Gasteiger partial charge in [0.15, 0.2) is 0 Å². The van der Waals surface area contributed by atoms with E-state index >= 15 is 0 Å². The first kappa shape index (κ1) is 16.7. The number of hydrogen-bond acceptors (Lipinski definition) is 6. The number of benzene rings is 1. The van der Waals surface area contributed by atoms with Crippen LogP contribution in [0.3, 0.4) is 0 Å². The van der Waals surface area contributed by atoms with Crippen LogP contribution in [0.5, 0.6) is 0 Å². The molecule has 1 unspecified atom stereocenters. The van der Waals surface area contributed by atoms with Crippen LogP contribution >= 0.6 is 0 Å². The quantitative estimate of drug-likeness (QED) is 0.896. The summed E-state index contributed by atoms with van der Waals surface area (Å²) in [6.07, 6.45) is 4.77. The van der Waals surface area contributed by atoms with Gasteiger partial charge in [-0.3, -0.25) is 0 Å². The molecule has 0 spiro atoms. The number of aromatic nitrogens is 2. The lowest BCUT2D eigenvalue weighted by Crippen LogP contribution is -2.38. The molecule has 6 nitrogen and oxygen atoms in total. The van der Waals surface area contributed by atoms with Crippen molar-refractivity contribution in [1.29, 1.82) is 0 Å². The maximum atomic E-state index is 11.5. The summed E-state index contributed by atoms with van der Waals surface area (Å²) >= 11 is 0. The number of nitrogens with one attached hydrogen (secondary N) is 1. The van der Waals surface area contributed by atoms with E-state index in [1.807, 2.05) is 36.4 Å². The number of nitrogens with zero attached hydrogens (tertiary/aromatic N) is 3. The molecule has 0 saturated carbocycles. The summed E-state index contributed by atoms with van der Waals surface area (Å²) in [5, 5.41) is 3.26. The molecular formula is C17H22N4O2S. The topological polar surface area (TPSA) is 75.2 Å². The third kappa shape index (κ3) is 4.67. The van der Waals surface area contributed by atoms with E-state index in [4.69, 9.17) is 0 Å². The smallest absolute Gasteiger partial charge is 0.147 e. The van der Waals surface area contributed by atoms with Crippen LogP contribution in [0.4, 0.5) is 17.3 Å². The molecule has 1 aromatic carbocycles. The number of piperidine rings is 1. The van der Waals surface area contributed by atoms with Gasteiger partial charge in [-0.05, 0) is 30.9 Å². The third-order valence-electron chi connectivity index (χ3n) is 4.08. The Morgan fingerprint density at radius 2 is 2.04 bits per heavy atom. The van der Waals surface area contributed by atoms with E-state index in [-0.39, 0.29) is 11.7 Å². The molecule has 1 saturated heterocycles. The summed E-state index contributed by atoms with van der Waals surface area (Å²) in [5.74, 6) is 1.97. The highest BCUT2D eigenvalue weighted by molar-refractivity contribution is 7.90. The first-order chi connectivity index (χ1) is 11.5. The van der Waals surface area contributed by atoms with E-state index < -0.39 is 9.84 Å². The second-order valence-corrected chi connectivity index (χ2v) is 8.48. The summed E-state index contributed by atoms with van der Waals surface area (Å²) in [5.41, 5.74) is 0.968. The average Bonchev–Trinajstić information content (AvgIpc) is 2.55. The number of rotatable bonds is 5. The van der Waals surface area contributed by atoms with Crippen LogP contribution in [0.25, 0.3) is 0 Å². The molecule has 1 aliphatic heterocycles. The van der Waals surface area contributed by atoms with Gasteiger partial charge in [-0.25, -0.2) is 18.4 Å². The van der Waals surface area contributed by atoms with Crippen molar-refractivity contribution in [2.45, 2.75) is 12.8 Å². The first-order valence-electron chi connectivity index (χ1n) is 8.06. The molecule has 0 amide bonds. The molecule has 0 aliphatic carbocycles. The van der Waals surface area contributed by atoms with E-state index in [1.165, 1.54) is 6.26 Å². The highest BCUT2D eigenvalue weighted by atomic mass is 32.2. The Labute approximate surface area is 142 Å². The number of para-hydroxylation sites is 1. The van der Waals surface area contributed by atoms with E-state index in [1.54, 1.807) is 6.33 Å². The Hall–Kier alpha value is -2.15. The molecule has 3 rings (SSSR count). The Kier molecular flexibility index (Phi) is 4.99. The Bertz CT molecular complexity index is 780. The van der Waals surface area contributed by atoms with Crippen LogP contribution < -0.4 is 10.2 Å². The molecular weight excluding hydrogens is 324 g/mol. The van der Waals surface area contributed by atoms with Crippen LogP contribution in [0.15, 0.2) is 42.7 Å². The summed E-state index contributed by atoms with van der Waals surface area (Å²) in [6.45, 7) is 1.61. The van der Waals surface area contributed by atoms with E-state index in [0.717, 1.165) is 43.3 Å². The van der Waals surface area contributed by atoms with Crippen molar-refractivity contribution in [3.8, 4) is 0 Å². The van der Waals surface area contributed by atoms with Gasteiger partial charge >= 0.3 is 0 Å². The van der Waals surface area contributed by atoms with Gasteiger partial charge in [0.2, 0.25) is 0 Å². The maximum Gasteiger partial charge on any atom is 0.147 e. The van der Waals surface area contributed by atoms with Crippen molar-refractivity contribution in [1.82, 2.24) is 9.97 Å². The summed E-state index contributed by atoms with van der Waals surface area (Å²) < 4.78 is 23.1. The zero-order chi connectivity index (χ0) is 17.0. The van der Waals surface area contributed by atoms with Gasteiger partial charge in [-0.1, -0.05) is 18.2 Å². The van der Waals surface area contributed by atoms with Gasteiger partial charge < -0.3 is 10.2 Å². The second-order valence-electron chi connectivity index (χ2n) is 6.30. The van der Waals surface area contributed by atoms with Crippen LogP contribution in [-0.2, 0) is 9.84 Å². The Morgan fingerprint density at radius 3 is 2.79 bits per heavy atom. The average molecular weight is 346 g/mol. The lowest BCUT2D eigenvalue weighted by Gasteiger charge is -2.33. The van der Waals surface area contributed by atoms with Crippen molar-refractivity contribution in [3.05, 3.63) is 42.7 Å². The number of sulfone groups is 1. The molecule has 0 radical (unpaired) electrons. The van der Waals surface area contributed by atoms with Crippen molar-refractivity contribution >= 4 is 27.2 Å². The normalized spacial score (nSPS) is 18.4. The SMILES string of the molecule is CS(=O)(=O)CC1CCCN(c2cc(Nc3ccccc3)ncn2)C1. The summed E-state index contributed by atoms with van der Waals surface area (Å²) in [4.78, 5) is 10.8. The van der Waals surface area contributed by atoms with Crippen LogP contribution in [0.2, 0.25) is 0 Å². The lowest BCUT2D eigenvalue weighted by atomic mass is 10.0. The first-order valence-corrected chi connectivity index (χ1v) is 10.1. The fraction of sp³-hybridized carbons (Fsp3) is 0.412. The number of hydrogen-bond donors (Lipinski definition) is 1. The molecule has 2 heterocycles. The predicted octanol–water partition coefficient (Wildman–Crippen LogP) is 2.48. The van der Waals surface area contributed by atoms with Gasteiger partial charge in [0.1, 0.15) is 27.8 Å². The van der Waals surface area contributed by atoms with Crippen molar-refractivity contribution < 1.29 is 8.42 Å². The van der Waals surface area contributed by atoms with E-state index in [2.05, 4.69) is 20.2 Å². The van der Waals surface area contributed by atoms with Gasteiger partial charge in [-0.15, -0.1) is 0 Å². The molecule has 128 valence electrons. The van der Waals surface area contributed by atoms with E-state index in [9.17, 15) is 8.42 Å². The summed E-state index contributed by atoms with van der Waals surface area (Å²) in [7, 11) is -2.95. The van der Waals surface area contributed by atoms with Crippen molar-refractivity contribution in [2.75, 3.05) is 35.3 Å². The zero-order valence-electron chi connectivity index (χ0n) is 13.7. The van der Waals surface area contributed by atoms with Crippen molar-refractivity contribution in [2.24, 2.45) is 5.92 Å². The largest absolute Gasteiger partial charge is 0.356 e. The Balaban J connectivity index is 1.71. The monoisotopic (exact) mass is 346 g/mol. The third-order valence-corrected chi connectivity index (χ3v) is 5.16. The van der Waals surface area contributed by atoms with Gasteiger partial charge in [0.25, 0.3) is 0 Å². The fourth-order valence-corrected chi connectivity index (χ4v) is 4.22. The molecule has 1 atom stereocenters. The van der Waals surface area contributed by atoms with Crippen LogP contribution in [0.1, 0.15) is 12.8 Å². The minimum atomic E-state index is -2.95. The highest BCUT2D eigenvalue weighted by Gasteiger charge is 2.24. The molecule has 7 heteroatoms. The molecule has 1 fully saturated rings. The summed E-state index contributed by atoms with van der Waals surface area (Å²) in [6, 6.07) is 11.8. The van der Waals surface area contributed by atoms with Gasteiger partial charge in [-0.2, -0.15) is 0 Å². The second kappa shape index (κ2) is 7.17. The zero-order valence-corrected chi connectivity index (χ0v) is 14.5. The van der Waals surface area contributed by atoms with Crippen LogP contribution in [0, 0.1) is 5.92 Å².